The van der Waals surface area contributed by atoms with Crippen LogP contribution in [-0.2, 0) is 9.59 Å². The van der Waals surface area contributed by atoms with Crippen molar-refractivity contribution in [3.05, 3.63) is 59.7 Å². The van der Waals surface area contributed by atoms with Gasteiger partial charge in [-0.1, -0.05) is 18.2 Å². The largest absolute Gasteiger partial charge is 0.482 e. The minimum absolute atomic E-state index is 0.0119. The van der Waals surface area contributed by atoms with Gasteiger partial charge < -0.3 is 20.5 Å². The van der Waals surface area contributed by atoms with Crippen molar-refractivity contribution in [2.45, 2.75) is 0 Å². The Morgan fingerprint density at radius 3 is 2.80 bits per heavy atom. The topological polar surface area (TPSA) is 105 Å². The van der Waals surface area contributed by atoms with E-state index in [9.17, 15) is 14.4 Å². The van der Waals surface area contributed by atoms with Gasteiger partial charge in [0.25, 0.3) is 5.91 Å². The van der Waals surface area contributed by atoms with E-state index in [1.807, 2.05) is 0 Å². The second-order valence-electron chi connectivity index (χ2n) is 5.27. The Bertz CT molecular complexity index is 889. The molecule has 3 N–H and O–H groups in total. The molecule has 2 aromatic carbocycles. The fraction of sp³-hybridized carbons (Fsp3) is 0.0556. The quantitative estimate of drug-likeness (QED) is 0.742. The zero-order valence-corrected chi connectivity index (χ0v) is 13.0. The monoisotopic (exact) mass is 338 g/mol. The highest BCUT2D eigenvalue weighted by atomic mass is 16.5. The second kappa shape index (κ2) is 6.88. The molecule has 0 atom stereocenters. The molecule has 0 unspecified atom stereocenters. The van der Waals surface area contributed by atoms with Crippen LogP contribution in [0.3, 0.4) is 0 Å². The summed E-state index contributed by atoms with van der Waals surface area (Å²) < 4.78 is 5.26. The highest BCUT2D eigenvalue weighted by Gasteiger charge is 2.15. The molecule has 0 aliphatic carbocycles. The van der Waals surface area contributed by atoms with Crippen molar-refractivity contribution in [2.75, 3.05) is 17.2 Å². The average molecular weight is 338 g/mol. The molecule has 0 spiro atoms. The van der Waals surface area contributed by atoms with Gasteiger partial charge in [-0.2, -0.15) is 0 Å². The molecule has 0 saturated carbocycles. The van der Waals surface area contributed by atoms with Gasteiger partial charge in [-0.25, -0.2) is 4.79 Å². The predicted molar refractivity (Wildman–Crippen MR) is 91.6 cm³/mol. The lowest BCUT2D eigenvalue weighted by molar-refractivity contribution is -0.118. The predicted octanol–water partition coefficient (Wildman–Crippen LogP) is 2.37. The first-order valence-corrected chi connectivity index (χ1v) is 7.41. The van der Waals surface area contributed by atoms with Crippen LogP contribution in [0.1, 0.15) is 15.9 Å². The molecule has 0 saturated heterocycles. The summed E-state index contributed by atoms with van der Waals surface area (Å²) in [5, 5.41) is 14.3. The lowest BCUT2D eigenvalue weighted by Gasteiger charge is -2.17. The third-order valence-electron chi connectivity index (χ3n) is 3.48. The summed E-state index contributed by atoms with van der Waals surface area (Å²) in [5.74, 6) is -1.26. The number of rotatable bonds is 4. The summed E-state index contributed by atoms with van der Waals surface area (Å²) in [6.45, 7) is -0.0203. The molecule has 7 nitrogen and oxygen atoms in total. The minimum atomic E-state index is -1.12. The molecule has 0 radical (unpaired) electrons. The van der Waals surface area contributed by atoms with Crippen molar-refractivity contribution in [3.63, 3.8) is 0 Å². The van der Waals surface area contributed by atoms with Gasteiger partial charge in [0.2, 0.25) is 5.91 Å². The SMILES string of the molecule is O=C(C=Cc1ccc2c(c1)NC(=O)CO2)Nc1ccccc1C(=O)O. The Morgan fingerprint density at radius 2 is 2.00 bits per heavy atom. The number of carbonyl (C=O) groups excluding carboxylic acids is 2. The van der Waals surface area contributed by atoms with Crippen molar-refractivity contribution >= 4 is 35.2 Å². The number of carbonyl (C=O) groups is 3. The van der Waals surface area contributed by atoms with Crippen LogP contribution in [0, 0.1) is 0 Å². The molecule has 1 aliphatic heterocycles. The van der Waals surface area contributed by atoms with Crippen molar-refractivity contribution < 1.29 is 24.2 Å². The number of amides is 2. The summed E-state index contributed by atoms with van der Waals surface area (Å²) in [6.07, 6.45) is 2.84. The molecular formula is C18H14N2O5. The number of ether oxygens (including phenoxy) is 1. The van der Waals surface area contributed by atoms with Crippen molar-refractivity contribution in [1.29, 1.82) is 0 Å². The van der Waals surface area contributed by atoms with Gasteiger partial charge in [-0.05, 0) is 35.9 Å². The first-order chi connectivity index (χ1) is 12.0. The van der Waals surface area contributed by atoms with Crippen molar-refractivity contribution in [3.8, 4) is 5.75 Å². The van der Waals surface area contributed by atoms with E-state index in [2.05, 4.69) is 10.6 Å². The van der Waals surface area contributed by atoms with Crippen molar-refractivity contribution in [1.82, 2.24) is 0 Å². The van der Waals surface area contributed by atoms with Gasteiger partial charge in [0.15, 0.2) is 6.61 Å². The lowest BCUT2D eigenvalue weighted by Crippen LogP contribution is -2.25. The van der Waals surface area contributed by atoms with E-state index in [0.717, 1.165) is 0 Å². The first kappa shape index (κ1) is 16.3. The smallest absolute Gasteiger partial charge is 0.337 e. The zero-order valence-electron chi connectivity index (χ0n) is 13.0. The number of hydrogen-bond donors (Lipinski definition) is 3. The number of nitrogens with one attached hydrogen (secondary N) is 2. The number of anilines is 2. The summed E-state index contributed by atoms with van der Waals surface area (Å²) in [7, 11) is 0. The van der Waals surface area contributed by atoms with Gasteiger partial charge in [0, 0.05) is 6.08 Å². The van der Waals surface area contributed by atoms with Crippen LogP contribution in [-0.4, -0.2) is 29.5 Å². The third-order valence-corrected chi connectivity index (χ3v) is 3.48. The van der Waals surface area contributed by atoms with Gasteiger partial charge in [-0.15, -0.1) is 0 Å². The Hall–Kier alpha value is -3.61. The minimum Gasteiger partial charge on any atom is -0.482 e. The van der Waals surface area contributed by atoms with Crippen LogP contribution in [0.2, 0.25) is 0 Å². The number of para-hydroxylation sites is 1. The summed E-state index contributed by atoms with van der Waals surface area (Å²) in [6, 6.07) is 11.3. The Balaban J connectivity index is 1.72. The molecule has 1 aliphatic rings. The number of carboxylic acids is 1. The summed E-state index contributed by atoms with van der Waals surface area (Å²) in [5.41, 5.74) is 1.45. The fourth-order valence-corrected chi connectivity index (χ4v) is 2.33. The molecular weight excluding hydrogens is 324 g/mol. The van der Waals surface area contributed by atoms with Gasteiger partial charge in [-0.3, -0.25) is 9.59 Å². The summed E-state index contributed by atoms with van der Waals surface area (Å²) in [4.78, 5) is 34.5. The van der Waals surface area contributed by atoms with Crippen LogP contribution >= 0.6 is 0 Å². The van der Waals surface area contributed by atoms with E-state index in [1.165, 1.54) is 18.2 Å². The van der Waals surface area contributed by atoms with Crippen LogP contribution < -0.4 is 15.4 Å². The third kappa shape index (κ3) is 3.84. The molecule has 126 valence electrons. The molecule has 2 amide bonds. The molecule has 3 rings (SSSR count). The lowest BCUT2D eigenvalue weighted by atomic mass is 10.1. The van der Waals surface area contributed by atoms with Crippen LogP contribution in [0.25, 0.3) is 6.08 Å². The van der Waals surface area contributed by atoms with Gasteiger partial charge >= 0.3 is 5.97 Å². The standard InChI is InChI=1S/C18H14N2O5/c21-16(19-13-4-2-1-3-12(13)18(23)24)8-6-11-5-7-15-14(9-11)20-17(22)10-25-15/h1-9H,10H2,(H,19,21)(H,20,22)(H,23,24). The zero-order chi connectivity index (χ0) is 17.8. The van der Waals surface area contributed by atoms with Gasteiger partial charge in [0.05, 0.1) is 16.9 Å². The first-order valence-electron chi connectivity index (χ1n) is 7.41. The average Bonchev–Trinajstić information content (AvgIpc) is 2.60. The number of carboxylic acid groups (broad SMARTS) is 1. The van der Waals surface area contributed by atoms with Crippen molar-refractivity contribution in [2.24, 2.45) is 0 Å². The van der Waals surface area contributed by atoms with E-state index < -0.39 is 11.9 Å². The number of hydrogen-bond acceptors (Lipinski definition) is 4. The van der Waals surface area contributed by atoms with E-state index in [1.54, 1.807) is 36.4 Å². The molecule has 1 heterocycles. The normalized spacial score (nSPS) is 12.9. The molecule has 7 heteroatoms. The van der Waals surface area contributed by atoms with Crippen LogP contribution in [0.5, 0.6) is 5.75 Å². The van der Waals surface area contributed by atoms with E-state index >= 15 is 0 Å². The fourth-order valence-electron chi connectivity index (χ4n) is 2.33. The van der Waals surface area contributed by atoms with Gasteiger partial charge in [0.1, 0.15) is 5.75 Å². The second-order valence-corrected chi connectivity index (χ2v) is 5.27. The van der Waals surface area contributed by atoms with E-state index in [-0.39, 0.29) is 23.8 Å². The molecule has 0 bridgehead atoms. The maximum absolute atomic E-state index is 12.0. The molecule has 0 aromatic heterocycles. The maximum atomic E-state index is 12.0. The number of aromatic carboxylic acids is 1. The Labute approximate surface area is 142 Å². The Kier molecular flexibility index (Phi) is 4.47. The highest BCUT2D eigenvalue weighted by Crippen LogP contribution is 2.28. The van der Waals surface area contributed by atoms with Crippen LogP contribution in [0.4, 0.5) is 11.4 Å². The van der Waals surface area contributed by atoms with E-state index in [0.29, 0.717) is 17.0 Å². The highest BCUT2D eigenvalue weighted by molar-refractivity contribution is 6.06. The Morgan fingerprint density at radius 1 is 1.20 bits per heavy atom. The number of benzene rings is 2. The van der Waals surface area contributed by atoms with E-state index in [4.69, 9.17) is 9.84 Å². The van der Waals surface area contributed by atoms with Crippen LogP contribution in [0.15, 0.2) is 48.5 Å². The number of fused-ring (bicyclic) bond motifs is 1. The maximum Gasteiger partial charge on any atom is 0.337 e. The molecule has 0 fully saturated rings. The molecule has 25 heavy (non-hydrogen) atoms. The molecule has 2 aromatic rings. The summed E-state index contributed by atoms with van der Waals surface area (Å²) >= 11 is 0.